The van der Waals surface area contributed by atoms with Gasteiger partial charge < -0.3 is 24.4 Å². The molecule has 7 atom stereocenters. The number of carbonyl (C=O) groups excluding carboxylic acids is 2. The molecule has 8 nitrogen and oxygen atoms in total. The highest BCUT2D eigenvalue weighted by Crippen LogP contribution is 2.65. The first-order valence-electron chi connectivity index (χ1n) is 13.2. The average molecular weight is 493 g/mol. The molecule has 4 aliphatic rings. The molecule has 0 bridgehead atoms. The highest BCUT2D eigenvalue weighted by atomic mass is 16.6. The van der Waals surface area contributed by atoms with E-state index in [9.17, 15) is 14.4 Å². The summed E-state index contributed by atoms with van der Waals surface area (Å²) >= 11 is 0. The summed E-state index contributed by atoms with van der Waals surface area (Å²) < 4.78 is 16.4. The Balaban J connectivity index is 1.39. The SMILES string of the molecule is CC12CCC(OC(=O)CCOCO)CC1=CCC1C2CCC2(C)C(OC(=O)CCC(=O)O)CCC12. The van der Waals surface area contributed by atoms with Gasteiger partial charge in [-0.3, -0.25) is 14.4 Å². The van der Waals surface area contributed by atoms with Crippen molar-refractivity contribution in [3.63, 3.8) is 0 Å². The maximum atomic E-state index is 12.3. The zero-order valence-electron chi connectivity index (χ0n) is 21.0. The topological polar surface area (TPSA) is 119 Å². The Bertz CT molecular complexity index is 852. The van der Waals surface area contributed by atoms with Crippen LogP contribution < -0.4 is 0 Å². The molecule has 7 unspecified atom stereocenters. The third-order valence-electron chi connectivity index (χ3n) is 9.63. The van der Waals surface area contributed by atoms with Crippen LogP contribution in [0.15, 0.2) is 11.6 Å². The molecule has 4 aliphatic carbocycles. The minimum atomic E-state index is -0.976. The molecule has 3 fully saturated rings. The van der Waals surface area contributed by atoms with Crippen molar-refractivity contribution >= 4 is 17.9 Å². The van der Waals surface area contributed by atoms with Crippen molar-refractivity contribution in [3.8, 4) is 0 Å². The number of esters is 2. The number of carbonyl (C=O) groups is 3. The summed E-state index contributed by atoms with van der Waals surface area (Å²) in [4.78, 5) is 35.2. The number of hydrogen-bond donors (Lipinski definition) is 2. The number of rotatable bonds is 9. The van der Waals surface area contributed by atoms with Crippen LogP contribution in [0.5, 0.6) is 0 Å². The first-order chi connectivity index (χ1) is 16.7. The van der Waals surface area contributed by atoms with Crippen molar-refractivity contribution in [2.45, 2.75) is 96.7 Å². The van der Waals surface area contributed by atoms with Crippen molar-refractivity contribution in [3.05, 3.63) is 11.6 Å². The minimum Gasteiger partial charge on any atom is -0.481 e. The molecular formula is C27H40O8. The minimum absolute atomic E-state index is 0.0505. The number of aliphatic hydroxyl groups excluding tert-OH is 1. The second-order valence-electron chi connectivity index (χ2n) is 11.4. The highest BCUT2D eigenvalue weighted by molar-refractivity contribution is 5.76. The quantitative estimate of drug-likeness (QED) is 0.215. The largest absolute Gasteiger partial charge is 0.481 e. The Hall–Kier alpha value is -1.93. The molecule has 0 aliphatic heterocycles. The standard InChI is InChI=1S/C27H40O8/c1-26-12-9-18(34-25(32)11-14-33-16-28)15-17(26)3-4-19-20-5-6-22(27(20,2)13-10-21(19)26)35-24(31)8-7-23(29)30/h3,18-22,28H,4-16H2,1-2H3,(H,29,30). The number of carboxylic acid groups (broad SMARTS) is 1. The molecule has 0 spiro atoms. The molecule has 0 saturated heterocycles. The lowest BCUT2D eigenvalue weighted by Gasteiger charge is -2.57. The molecule has 8 heteroatoms. The number of fused-ring (bicyclic) bond motifs is 5. The van der Waals surface area contributed by atoms with E-state index in [4.69, 9.17) is 24.4 Å². The summed E-state index contributed by atoms with van der Waals surface area (Å²) in [6, 6.07) is 0. The lowest BCUT2D eigenvalue weighted by atomic mass is 9.48. The lowest BCUT2D eigenvalue weighted by Crippen LogP contribution is -2.51. The smallest absolute Gasteiger partial charge is 0.308 e. The highest BCUT2D eigenvalue weighted by Gasteiger charge is 2.59. The number of allylic oxidation sites excluding steroid dienone is 1. The van der Waals surface area contributed by atoms with Crippen LogP contribution in [0.4, 0.5) is 0 Å². The van der Waals surface area contributed by atoms with Gasteiger partial charge in [0.05, 0.1) is 25.9 Å². The molecule has 0 aromatic rings. The Morgan fingerprint density at radius 3 is 2.49 bits per heavy atom. The van der Waals surface area contributed by atoms with Crippen LogP contribution in [0.25, 0.3) is 0 Å². The van der Waals surface area contributed by atoms with Gasteiger partial charge in [-0.2, -0.15) is 0 Å². The van der Waals surface area contributed by atoms with E-state index in [-0.39, 0.29) is 54.9 Å². The molecule has 3 saturated carbocycles. The van der Waals surface area contributed by atoms with Gasteiger partial charge in [0.15, 0.2) is 0 Å². The van der Waals surface area contributed by atoms with E-state index in [1.807, 2.05) is 0 Å². The first kappa shape index (κ1) is 26.1. The Morgan fingerprint density at radius 2 is 1.74 bits per heavy atom. The van der Waals surface area contributed by atoms with Gasteiger partial charge in [-0.15, -0.1) is 0 Å². The Labute approximate surface area is 207 Å². The average Bonchev–Trinajstić information content (AvgIpc) is 3.14. The monoisotopic (exact) mass is 492 g/mol. The Morgan fingerprint density at radius 1 is 0.971 bits per heavy atom. The number of carboxylic acids is 1. The molecular weight excluding hydrogens is 452 g/mol. The summed E-state index contributed by atoms with van der Waals surface area (Å²) in [6.07, 6.45) is 9.75. The van der Waals surface area contributed by atoms with Gasteiger partial charge in [0.25, 0.3) is 0 Å². The predicted molar refractivity (Wildman–Crippen MR) is 126 cm³/mol. The van der Waals surface area contributed by atoms with E-state index in [2.05, 4.69) is 19.9 Å². The molecule has 0 radical (unpaired) electrons. The van der Waals surface area contributed by atoms with Crippen LogP contribution in [0.2, 0.25) is 0 Å². The van der Waals surface area contributed by atoms with Crippen molar-refractivity contribution in [1.29, 1.82) is 0 Å². The number of aliphatic carboxylic acids is 1. The second kappa shape index (κ2) is 10.6. The van der Waals surface area contributed by atoms with E-state index in [0.717, 1.165) is 51.4 Å². The Kier molecular flexibility index (Phi) is 7.91. The van der Waals surface area contributed by atoms with E-state index < -0.39 is 18.7 Å². The third-order valence-corrected chi connectivity index (χ3v) is 9.63. The van der Waals surface area contributed by atoms with Crippen molar-refractivity contribution in [2.24, 2.45) is 28.6 Å². The van der Waals surface area contributed by atoms with Crippen LogP contribution in [0, 0.1) is 28.6 Å². The summed E-state index contributed by atoms with van der Waals surface area (Å²) in [5.41, 5.74) is 1.49. The van der Waals surface area contributed by atoms with Crippen LogP contribution >= 0.6 is 0 Å². The first-order valence-corrected chi connectivity index (χ1v) is 13.2. The summed E-state index contributed by atoms with van der Waals surface area (Å²) in [5, 5.41) is 17.6. The fourth-order valence-electron chi connectivity index (χ4n) is 7.77. The molecule has 0 heterocycles. The van der Waals surface area contributed by atoms with Crippen molar-refractivity contribution in [2.75, 3.05) is 13.4 Å². The van der Waals surface area contributed by atoms with Gasteiger partial charge in [0.1, 0.15) is 19.0 Å². The van der Waals surface area contributed by atoms with E-state index in [0.29, 0.717) is 17.8 Å². The number of aliphatic hydroxyl groups is 1. The molecule has 0 aromatic heterocycles. The number of ether oxygens (including phenoxy) is 3. The second-order valence-corrected chi connectivity index (χ2v) is 11.4. The lowest BCUT2D eigenvalue weighted by molar-refractivity contribution is -0.161. The molecule has 2 N–H and O–H groups in total. The predicted octanol–water partition coefficient (Wildman–Crippen LogP) is 3.99. The molecule has 35 heavy (non-hydrogen) atoms. The zero-order chi connectivity index (χ0) is 25.2. The molecule has 0 aromatic carbocycles. The van der Waals surface area contributed by atoms with E-state index in [1.165, 1.54) is 5.57 Å². The molecule has 4 rings (SSSR count). The summed E-state index contributed by atoms with van der Waals surface area (Å²) in [5.74, 6) is -0.0114. The fraction of sp³-hybridized carbons (Fsp3) is 0.815. The summed E-state index contributed by atoms with van der Waals surface area (Å²) in [6.45, 7) is 4.44. The van der Waals surface area contributed by atoms with Gasteiger partial charge in [0, 0.05) is 11.8 Å². The summed E-state index contributed by atoms with van der Waals surface area (Å²) in [7, 11) is 0. The maximum absolute atomic E-state index is 12.3. The zero-order valence-corrected chi connectivity index (χ0v) is 21.0. The normalized spacial score (nSPS) is 37.9. The molecule has 196 valence electrons. The van der Waals surface area contributed by atoms with Crippen LogP contribution in [-0.4, -0.2) is 53.7 Å². The van der Waals surface area contributed by atoms with Crippen LogP contribution in [0.3, 0.4) is 0 Å². The van der Waals surface area contributed by atoms with Crippen LogP contribution in [0.1, 0.15) is 84.5 Å². The van der Waals surface area contributed by atoms with Crippen molar-refractivity contribution < 1.29 is 38.8 Å². The van der Waals surface area contributed by atoms with Crippen LogP contribution in [-0.2, 0) is 28.6 Å². The van der Waals surface area contributed by atoms with E-state index in [1.54, 1.807) is 0 Å². The van der Waals surface area contributed by atoms with Gasteiger partial charge in [0.2, 0.25) is 0 Å². The van der Waals surface area contributed by atoms with Gasteiger partial charge >= 0.3 is 17.9 Å². The van der Waals surface area contributed by atoms with Gasteiger partial charge in [-0.05, 0) is 68.1 Å². The van der Waals surface area contributed by atoms with Gasteiger partial charge in [-0.1, -0.05) is 25.5 Å². The van der Waals surface area contributed by atoms with Gasteiger partial charge in [-0.25, -0.2) is 0 Å². The van der Waals surface area contributed by atoms with E-state index >= 15 is 0 Å². The number of hydrogen-bond acceptors (Lipinski definition) is 7. The molecule has 0 amide bonds. The van der Waals surface area contributed by atoms with Crippen molar-refractivity contribution in [1.82, 2.24) is 0 Å². The third kappa shape index (κ3) is 5.29. The maximum Gasteiger partial charge on any atom is 0.308 e. The fourth-order valence-corrected chi connectivity index (χ4v) is 7.77.